The Morgan fingerprint density at radius 3 is 3.12 bits per heavy atom. The van der Waals surface area contributed by atoms with Crippen molar-refractivity contribution in [2.24, 2.45) is 13.0 Å². The van der Waals surface area contributed by atoms with Crippen molar-refractivity contribution >= 4 is 18.3 Å². The van der Waals surface area contributed by atoms with Crippen LogP contribution in [-0.4, -0.2) is 28.8 Å². The first-order chi connectivity index (χ1) is 7.27. The smallest absolute Gasteiger partial charge is 0.224 e. The summed E-state index contributed by atoms with van der Waals surface area (Å²) in [5, 5.41) is 10.2. The lowest BCUT2D eigenvalue weighted by molar-refractivity contribution is -0.124. The maximum absolute atomic E-state index is 11.7. The van der Waals surface area contributed by atoms with Gasteiger partial charge in [-0.2, -0.15) is 5.10 Å². The van der Waals surface area contributed by atoms with Crippen LogP contribution in [0.1, 0.15) is 12.1 Å². The number of carbonyl (C=O) groups is 1. The number of carbonyl (C=O) groups excluding carboxylic acids is 1. The number of nitrogens with zero attached hydrogens (tertiary/aromatic N) is 2. The first kappa shape index (κ1) is 13.0. The molecule has 0 spiro atoms. The molecule has 1 aliphatic rings. The van der Waals surface area contributed by atoms with Crippen LogP contribution in [0.15, 0.2) is 12.3 Å². The number of nitrogens with one attached hydrogen (secondary N) is 2. The first-order valence-corrected chi connectivity index (χ1v) is 5.22. The average Bonchev–Trinajstić information content (AvgIpc) is 2.85. The van der Waals surface area contributed by atoms with Gasteiger partial charge in [0.05, 0.1) is 18.2 Å². The number of halogens is 1. The minimum Gasteiger partial charge on any atom is -0.350 e. The van der Waals surface area contributed by atoms with E-state index >= 15 is 0 Å². The zero-order valence-corrected chi connectivity index (χ0v) is 10.1. The van der Waals surface area contributed by atoms with E-state index < -0.39 is 0 Å². The van der Waals surface area contributed by atoms with E-state index in [1.165, 1.54) is 0 Å². The van der Waals surface area contributed by atoms with Crippen molar-refractivity contribution in [1.82, 2.24) is 20.4 Å². The van der Waals surface area contributed by atoms with Gasteiger partial charge >= 0.3 is 0 Å². The normalized spacial score (nSPS) is 19.2. The fourth-order valence-corrected chi connectivity index (χ4v) is 1.78. The number of rotatable bonds is 3. The molecule has 16 heavy (non-hydrogen) atoms. The summed E-state index contributed by atoms with van der Waals surface area (Å²) in [5.41, 5.74) is 1.02. The molecule has 6 heteroatoms. The summed E-state index contributed by atoms with van der Waals surface area (Å²) in [6, 6.07) is 1.91. The number of hydrogen-bond donors (Lipinski definition) is 2. The molecule has 5 nitrogen and oxygen atoms in total. The van der Waals surface area contributed by atoms with Gasteiger partial charge in [0.1, 0.15) is 0 Å². The maximum atomic E-state index is 11.7. The van der Waals surface area contributed by atoms with Crippen molar-refractivity contribution in [1.29, 1.82) is 0 Å². The number of aromatic nitrogens is 2. The monoisotopic (exact) mass is 244 g/mol. The second-order valence-electron chi connectivity index (χ2n) is 3.85. The zero-order valence-electron chi connectivity index (χ0n) is 9.27. The third-order valence-corrected chi connectivity index (χ3v) is 2.80. The van der Waals surface area contributed by atoms with Crippen molar-refractivity contribution < 1.29 is 4.79 Å². The van der Waals surface area contributed by atoms with Gasteiger partial charge in [0.15, 0.2) is 0 Å². The van der Waals surface area contributed by atoms with Crippen LogP contribution < -0.4 is 10.6 Å². The highest BCUT2D eigenvalue weighted by atomic mass is 35.5. The molecule has 2 N–H and O–H groups in total. The number of amides is 1. The Bertz CT molecular complexity index is 346. The Hall–Kier alpha value is -1.07. The van der Waals surface area contributed by atoms with E-state index in [4.69, 9.17) is 0 Å². The lowest BCUT2D eigenvalue weighted by Gasteiger charge is -2.09. The molecule has 0 bridgehead atoms. The van der Waals surface area contributed by atoms with Gasteiger partial charge in [-0.15, -0.1) is 12.4 Å². The molecule has 2 rings (SSSR count). The summed E-state index contributed by atoms with van der Waals surface area (Å²) in [7, 11) is 1.87. The highest BCUT2D eigenvalue weighted by molar-refractivity contribution is 5.85. The van der Waals surface area contributed by atoms with E-state index in [0.717, 1.165) is 25.2 Å². The molecule has 1 atom stereocenters. The molecule has 1 saturated heterocycles. The largest absolute Gasteiger partial charge is 0.350 e. The van der Waals surface area contributed by atoms with Crippen molar-refractivity contribution in [3.8, 4) is 0 Å². The fraction of sp³-hybridized carbons (Fsp3) is 0.600. The van der Waals surface area contributed by atoms with Crippen LogP contribution in [0.25, 0.3) is 0 Å². The van der Waals surface area contributed by atoms with Gasteiger partial charge in [-0.3, -0.25) is 9.48 Å². The molecule has 2 heterocycles. The summed E-state index contributed by atoms with van der Waals surface area (Å²) in [4.78, 5) is 11.7. The molecule has 1 aliphatic heterocycles. The highest BCUT2D eigenvalue weighted by Crippen LogP contribution is 2.07. The maximum Gasteiger partial charge on any atom is 0.224 e. The van der Waals surface area contributed by atoms with Gasteiger partial charge < -0.3 is 10.6 Å². The first-order valence-electron chi connectivity index (χ1n) is 5.22. The quantitative estimate of drug-likeness (QED) is 0.791. The Morgan fingerprint density at radius 1 is 1.75 bits per heavy atom. The average molecular weight is 245 g/mol. The Labute approximate surface area is 101 Å². The summed E-state index contributed by atoms with van der Waals surface area (Å²) < 4.78 is 1.77. The molecule has 0 unspecified atom stereocenters. The standard InChI is InChI=1S/C10H16N4O.ClH/c1-14-9(3-5-13-14)7-12-10(15)8-2-4-11-6-8;/h3,5,8,11H,2,4,6-7H2,1H3,(H,12,15);1H/t8-;/m1./s1. The van der Waals surface area contributed by atoms with Gasteiger partial charge in [0, 0.05) is 19.8 Å². The molecule has 1 aromatic heterocycles. The third-order valence-electron chi connectivity index (χ3n) is 2.80. The van der Waals surface area contributed by atoms with Crippen molar-refractivity contribution in [3.63, 3.8) is 0 Å². The van der Waals surface area contributed by atoms with E-state index in [1.807, 2.05) is 13.1 Å². The van der Waals surface area contributed by atoms with Crippen LogP contribution in [0.2, 0.25) is 0 Å². The van der Waals surface area contributed by atoms with E-state index in [2.05, 4.69) is 15.7 Å². The van der Waals surface area contributed by atoms with Crippen LogP contribution in [0.4, 0.5) is 0 Å². The molecule has 1 aromatic rings. The van der Waals surface area contributed by atoms with E-state index in [0.29, 0.717) is 6.54 Å². The van der Waals surface area contributed by atoms with E-state index in [9.17, 15) is 4.79 Å². The molecular formula is C10H17ClN4O. The lowest BCUT2D eigenvalue weighted by atomic mass is 10.1. The van der Waals surface area contributed by atoms with Crippen LogP contribution in [-0.2, 0) is 18.4 Å². The van der Waals surface area contributed by atoms with Crippen LogP contribution in [0.3, 0.4) is 0 Å². The molecule has 0 saturated carbocycles. The molecule has 90 valence electrons. The molecular weight excluding hydrogens is 228 g/mol. The minimum atomic E-state index is 0. The Kier molecular flexibility index (Phi) is 4.76. The number of aryl methyl sites for hydroxylation is 1. The molecule has 0 radical (unpaired) electrons. The lowest BCUT2D eigenvalue weighted by Crippen LogP contribution is -2.32. The van der Waals surface area contributed by atoms with Gasteiger partial charge in [-0.05, 0) is 19.0 Å². The SMILES string of the molecule is Cl.Cn1nccc1CNC(=O)[C@@H]1CCNC1. The van der Waals surface area contributed by atoms with Crippen LogP contribution >= 0.6 is 12.4 Å². The minimum absolute atomic E-state index is 0. The van der Waals surface area contributed by atoms with E-state index in [1.54, 1.807) is 10.9 Å². The zero-order chi connectivity index (χ0) is 10.7. The van der Waals surface area contributed by atoms with Gasteiger partial charge in [0.2, 0.25) is 5.91 Å². The Morgan fingerprint density at radius 2 is 2.56 bits per heavy atom. The van der Waals surface area contributed by atoms with Crippen molar-refractivity contribution in [2.75, 3.05) is 13.1 Å². The van der Waals surface area contributed by atoms with Crippen LogP contribution in [0, 0.1) is 5.92 Å². The molecule has 1 amide bonds. The second kappa shape index (κ2) is 5.86. The summed E-state index contributed by atoms with van der Waals surface area (Å²) in [6.45, 7) is 2.31. The summed E-state index contributed by atoms with van der Waals surface area (Å²) in [5.74, 6) is 0.277. The summed E-state index contributed by atoms with van der Waals surface area (Å²) >= 11 is 0. The van der Waals surface area contributed by atoms with Gasteiger partial charge in [0.25, 0.3) is 0 Å². The molecule has 0 aromatic carbocycles. The predicted octanol–water partition coefficient (Wildman–Crippen LogP) is 0.0676. The van der Waals surface area contributed by atoms with Crippen molar-refractivity contribution in [2.45, 2.75) is 13.0 Å². The predicted molar refractivity (Wildman–Crippen MR) is 63.3 cm³/mol. The van der Waals surface area contributed by atoms with E-state index in [-0.39, 0.29) is 24.2 Å². The van der Waals surface area contributed by atoms with Gasteiger partial charge in [-0.25, -0.2) is 0 Å². The molecule has 1 fully saturated rings. The Balaban J connectivity index is 0.00000128. The highest BCUT2D eigenvalue weighted by Gasteiger charge is 2.21. The third kappa shape index (κ3) is 2.96. The summed E-state index contributed by atoms with van der Waals surface area (Å²) in [6.07, 6.45) is 2.68. The number of hydrogen-bond acceptors (Lipinski definition) is 3. The van der Waals surface area contributed by atoms with Crippen LogP contribution in [0.5, 0.6) is 0 Å². The molecule has 0 aliphatic carbocycles. The fourth-order valence-electron chi connectivity index (χ4n) is 1.78. The van der Waals surface area contributed by atoms with Gasteiger partial charge in [-0.1, -0.05) is 0 Å². The second-order valence-corrected chi connectivity index (χ2v) is 3.85. The van der Waals surface area contributed by atoms with Crippen molar-refractivity contribution in [3.05, 3.63) is 18.0 Å². The topological polar surface area (TPSA) is 59.0 Å².